The number of aromatic nitrogens is 1. The molecule has 6 heteroatoms. The number of nitrogens with zero attached hydrogens (tertiary/aromatic N) is 2. The molecule has 0 aromatic carbocycles. The number of rotatable bonds is 5. The molecule has 0 aliphatic heterocycles. The summed E-state index contributed by atoms with van der Waals surface area (Å²) in [4.78, 5) is 0.368. The maximum atomic E-state index is 12.7. The van der Waals surface area contributed by atoms with Crippen molar-refractivity contribution in [1.29, 1.82) is 0 Å². The van der Waals surface area contributed by atoms with Gasteiger partial charge >= 0.3 is 0 Å². The van der Waals surface area contributed by atoms with Crippen LogP contribution in [0, 0.1) is 0 Å². The zero-order chi connectivity index (χ0) is 14.8. The van der Waals surface area contributed by atoms with Gasteiger partial charge in [-0.3, -0.25) is 0 Å². The molecule has 2 rings (SSSR count). The largest absolute Gasteiger partial charge is 0.349 e. The molecular weight excluding hydrogens is 274 g/mol. The van der Waals surface area contributed by atoms with Gasteiger partial charge in [0.2, 0.25) is 10.0 Å². The van der Waals surface area contributed by atoms with E-state index in [0.29, 0.717) is 11.4 Å². The monoisotopic (exact) mass is 299 g/mol. The zero-order valence-corrected chi connectivity index (χ0v) is 13.2. The standard InChI is InChI=1S/C14H25N3O2S/c1-3-17-11-14(9-13(17)10-15)20(18,19)16(2)12-7-5-4-6-8-12/h9,11-12H,3-8,10,15H2,1-2H3. The molecule has 1 fully saturated rings. The summed E-state index contributed by atoms with van der Waals surface area (Å²) < 4.78 is 28.9. The lowest BCUT2D eigenvalue weighted by atomic mass is 9.96. The Balaban J connectivity index is 2.26. The molecule has 0 atom stereocenters. The van der Waals surface area contributed by atoms with E-state index in [1.807, 2.05) is 11.5 Å². The molecule has 0 radical (unpaired) electrons. The average molecular weight is 299 g/mol. The smallest absolute Gasteiger partial charge is 0.244 e. The van der Waals surface area contributed by atoms with Crippen LogP contribution in [-0.2, 0) is 23.1 Å². The number of hydrogen-bond acceptors (Lipinski definition) is 3. The third-order valence-electron chi connectivity index (χ3n) is 4.28. The quantitative estimate of drug-likeness (QED) is 0.903. The molecule has 1 saturated carbocycles. The topological polar surface area (TPSA) is 68.3 Å². The SMILES string of the molecule is CCn1cc(S(=O)(=O)N(C)C2CCCCC2)cc1CN. The van der Waals surface area contributed by atoms with Crippen molar-refractivity contribution in [2.75, 3.05) is 7.05 Å². The van der Waals surface area contributed by atoms with E-state index >= 15 is 0 Å². The van der Waals surface area contributed by atoms with Crippen LogP contribution in [0.5, 0.6) is 0 Å². The first-order valence-electron chi connectivity index (χ1n) is 7.37. The van der Waals surface area contributed by atoms with Gasteiger partial charge in [0, 0.05) is 38.1 Å². The van der Waals surface area contributed by atoms with E-state index in [2.05, 4.69) is 0 Å². The van der Waals surface area contributed by atoms with Gasteiger partial charge in [-0.15, -0.1) is 0 Å². The maximum absolute atomic E-state index is 12.7. The van der Waals surface area contributed by atoms with Crippen molar-refractivity contribution in [3.63, 3.8) is 0 Å². The summed E-state index contributed by atoms with van der Waals surface area (Å²) in [6.45, 7) is 3.08. The molecule has 0 spiro atoms. The molecule has 0 bridgehead atoms. The lowest BCUT2D eigenvalue weighted by molar-refractivity contribution is 0.286. The Morgan fingerprint density at radius 2 is 2.00 bits per heavy atom. The van der Waals surface area contributed by atoms with Gasteiger partial charge in [0.05, 0.1) is 0 Å². The number of sulfonamides is 1. The number of nitrogens with two attached hydrogens (primary N) is 1. The van der Waals surface area contributed by atoms with Crippen molar-refractivity contribution < 1.29 is 8.42 Å². The van der Waals surface area contributed by atoms with Crippen molar-refractivity contribution >= 4 is 10.0 Å². The summed E-state index contributed by atoms with van der Waals surface area (Å²) in [5, 5.41) is 0. The van der Waals surface area contributed by atoms with E-state index < -0.39 is 10.0 Å². The van der Waals surface area contributed by atoms with Gasteiger partial charge < -0.3 is 10.3 Å². The molecule has 1 heterocycles. The summed E-state index contributed by atoms with van der Waals surface area (Å²) in [7, 11) is -1.70. The fourth-order valence-electron chi connectivity index (χ4n) is 2.94. The summed E-state index contributed by atoms with van der Waals surface area (Å²) in [5.41, 5.74) is 6.54. The van der Waals surface area contributed by atoms with Gasteiger partial charge in [0.1, 0.15) is 4.90 Å². The Morgan fingerprint density at radius 1 is 1.35 bits per heavy atom. The van der Waals surface area contributed by atoms with Gasteiger partial charge in [0.25, 0.3) is 0 Å². The molecular formula is C14H25N3O2S. The molecule has 114 valence electrons. The summed E-state index contributed by atoms with van der Waals surface area (Å²) in [6.07, 6.45) is 7.09. The first kappa shape index (κ1) is 15.5. The van der Waals surface area contributed by atoms with Crippen LogP contribution < -0.4 is 5.73 Å². The van der Waals surface area contributed by atoms with Gasteiger partial charge in [0.15, 0.2) is 0 Å². The second-order valence-electron chi connectivity index (χ2n) is 5.47. The van der Waals surface area contributed by atoms with Crippen LogP contribution in [0.2, 0.25) is 0 Å². The van der Waals surface area contributed by atoms with Gasteiger partial charge in [-0.2, -0.15) is 4.31 Å². The van der Waals surface area contributed by atoms with E-state index in [-0.39, 0.29) is 6.04 Å². The van der Waals surface area contributed by atoms with Gasteiger partial charge in [-0.05, 0) is 25.8 Å². The van der Waals surface area contributed by atoms with E-state index in [1.165, 1.54) is 6.42 Å². The van der Waals surface area contributed by atoms with Crippen LogP contribution in [0.4, 0.5) is 0 Å². The van der Waals surface area contributed by atoms with Crippen molar-refractivity contribution in [2.24, 2.45) is 5.73 Å². The molecule has 5 nitrogen and oxygen atoms in total. The zero-order valence-electron chi connectivity index (χ0n) is 12.4. The first-order valence-corrected chi connectivity index (χ1v) is 8.81. The predicted octanol–water partition coefficient (Wildman–Crippen LogP) is 1.92. The molecule has 1 aliphatic carbocycles. The molecule has 1 aliphatic rings. The van der Waals surface area contributed by atoms with Gasteiger partial charge in [-0.1, -0.05) is 19.3 Å². The Hall–Kier alpha value is -0.850. The van der Waals surface area contributed by atoms with Crippen LogP contribution in [-0.4, -0.2) is 30.4 Å². The maximum Gasteiger partial charge on any atom is 0.244 e. The Bertz CT molecular complexity index is 523. The second-order valence-corrected chi connectivity index (χ2v) is 7.47. The van der Waals surface area contributed by atoms with Crippen molar-refractivity contribution in [3.8, 4) is 0 Å². The highest BCUT2D eigenvalue weighted by Gasteiger charge is 2.30. The van der Waals surface area contributed by atoms with Gasteiger partial charge in [-0.25, -0.2) is 8.42 Å². The summed E-state index contributed by atoms with van der Waals surface area (Å²) in [6, 6.07) is 1.85. The van der Waals surface area contributed by atoms with E-state index in [0.717, 1.165) is 37.9 Å². The second kappa shape index (κ2) is 6.28. The number of aryl methyl sites for hydroxylation is 1. The van der Waals surface area contributed by atoms with Crippen molar-refractivity contribution in [2.45, 2.75) is 63.1 Å². The minimum Gasteiger partial charge on any atom is -0.349 e. The molecule has 1 aromatic rings. The molecule has 2 N–H and O–H groups in total. The average Bonchev–Trinajstić information content (AvgIpc) is 2.91. The molecule has 0 amide bonds. The summed E-state index contributed by atoms with van der Waals surface area (Å²) >= 11 is 0. The predicted molar refractivity (Wildman–Crippen MR) is 79.8 cm³/mol. The minimum absolute atomic E-state index is 0.139. The highest BCUT2D eigenvalue weighted by atomic mass is 32.2. The fourth-order valence-corrected chi connectivity index (χ4v) is 4.42. The third kappa shape index (κ3) is 2.92. The normalized spacial score (nSPS) is 17.8. The summed E-state index contributed by atoms with van der Waals surface area (Å²) in [5.74, 6) is 0. The molecule has 0 unspecified atom stereocenters. The fraction of sp³-hybridized carbons (Fsp3) is 0.714. The highest BCUT2D eigenvalue weighted by Crippen LogP contribution is 2.27. The number of hydrogen-bond donors (Lipinski definition) is 1. The lowest BCUT2D eigenvalue weighted by Gasteiger charge is -2.30. The van der Waals surface area contributed by atoms with Crippen LogP contribution in [0.3, 0.4) is 0 Å². The third-order valence-corrected chi connectivity index (χ3v) is 6.15. The van der Waals surface area contributed by atoms with E-state index in [1.54, 1.807) is 23.6 Å². The van der Waals surface area contributed by atoms with Crippen LogP contribution >= 0.6 is 0 Å². The Labute approximate surface area is 121 Å². The Morgan fingerprint density at radius 3 is 2.50 bits per heavy atom. The molecule has 20 heavy (non-hydrogen) atoms. The minimum atomic E-state index is -3.40. The Kier molecular flexibility index (Phi) is 4.88. The van der Waals surface area contributed by atoms with E-state index in [9.17, 15) is 8.42 Å². The van der Waals surface area contributed by atoms with Crippen LogP contribution in [0.15, 0.2) is 17.2 Å². The van der Waals surface area contributed by atoms with Crippen molar-refractivity contribution in [1.82, 2.24) is 8.87 Å². The van der Waals surface area contributed by atoms with Crippen LogP contribution in [0.25, 0.3) is 0 Å². The van der Waals surface area contributed by atoms with E-state index in [4.69, 9.17) is 5.73 Å². The lowest BCUT2D eigenvalue weighted by Crippen LogP contribution is -2.38. The van der Waals surface area contributed by atoms with Crippen LogP contribution in [0.1, 0.15) is 44.7 Å². The van der Waals surface area contributed by atoms with Crippen molar-refractivity contribution in [3.05, 3.63) is 18.0 Å². The molecule has 1 aromatic heterocycles. The molecule has 0 saturated heterocycles. The highest BCUT2D eigenvalue weighted by molar-refractivity contribution is 7.89. The first-order chi connectivity index (χ1) is 9.50.